The number of aliphatic imine (C=N–C) groups is 1. The maximum atomic E-state index is 5.38. The Hall–Kier alpha value is -1.49. The number of ether oxygens (including phenoxy) is 1. The van der Waals surface area contributed by atoms with Crippen LogP contribution in [0, 0.1) is 0 Å². The highest BCUT2D eigenvalue weighted by atomic mass is 16.5. The SMILES string of the molecule is CCOCCCN=C(NCCc1ccco1)N1CCCCC1. The van der Waals surface area contributed by atoms with E-state index in [-0.39, 0.29) is 0 Å². The summed E-state index contributed by atoms with van der Waals surface area (Å²) in [5.41, 5.74) is 0. The Morgan fingerprint density at radius 2 is 2.23 bits per heavy atom. The van der Waals surface area contributed by atoms with E-state index < -0.39 is 0 Å². The van der Waals surface area contributed by atoms with Crippen molar-refractivity contribution in [3.8, 4) is 0 Å². The molecule has 5 heteroatoms. The lowest BCUT2D eigenvalue weighted by molar-refractivity contribution is 0.146. The Balaban J connectivity index is 1.78. The first-order valence-electron chi connectivity index (χ1n) is 8.53. The van der Waals surface area contributed by atoms with Gasteiger partial charge in [0.25, 0.3) is 0 Å². The molecule has 0 spiro atoms. The van der Waals surface area contributed by atoms with Crippen LogP contribution in [0.25, 0.3) is 0 Å². The topological polar surface area (TPSA) is 50.0 Å². The third-order valence-electron chi connectivity index (χ3n) is 3.80. The van der Waals surface area contributed by atoms with Crippen molar-refractivity contribution in [3.63, 3.8) is 0 Å². The number of nitrogens with one attached hydrogen (secondary N) is 1. The Bertz CT molecular complexity index is 412. The molecule has 0 bridgehead atoms. The van der Waals surface area contributed by atoms with E-state index in [2.05, 4.69) is 10.2 Å². The lowest BCUT2D eigenvalue weighted by Gasteiger charge is -2.30. The molecule has 1 N–H and O–H groups in total. The van der Waals surface area contributed by atoms with E-state index >= 15 is 0 Å². The fourth-order valence-electron chi connectivity index (χ4n) is 2.62. The first-order valence-corrected chi connectivity index (χ1v) is 8.53. The van der Waals surface area contributed by atoms with E-state index in [0.29, 0.717) is 0 Å². The molecule has 1 aromatic heterocycles. The normalized spacial score (nSPS) is 16.0. The van der Waals surface area contributed by atoms with Crippen LogP contribution < -0.4 is 5.32 Å². The van der Waals surface area contributed by atoms with Crippen molar-refractivity contribution >= 4 is 5.96 Å². The molecule has 22 heavy (non-hydrogen) atoms. The molecular weight excluding hydrogens is 278 g/mol. The molecule has 0 radical (unpaired) electrons. The number of hydrogen-bond acceptors (Lipinski definition) is 3. The van der Waals surface area contributed by atoms with Gasteiger partial charge in [0.2, 0.25) is 0 Å². The number of nitrogens with zero attached hydrogens (tertiary/aromatic N) is 2. The largest absolute Gasteiger partial charge is 0.469 e. The zero-order valence-corrected chi connectivity index (χ0v) is 13.7. The number of piperidine rings is 1. The van der Waals surface area contributed by atoms with Crippen LogP contribution in [-0.2, 0) is 11.2 Å². The highest BCUT2D eigenvalue weighted by molar-refractivity contribution is 5.80. The van der Waals surface area contributed by atoms with Gasteiger partial charge in [0.1, 0.15) is 5.76 Å². The summed E-state index contributed by atoms with van der Waals surface area (Å²) in [7, 11) is 0. The van der Waals surface area contributed by atoms with Gasteiger partial charge in [0.15, 0.2) is 5.96 Å². The van der Waals surface area contributed by atoms with E-state index in [1.165, 1.54) is 19.3 Å². The molecule has 0 unspecified atom stereocenters. The van der Waals surface area contributed by atoms with Gasteiger partial charge in [-0.3, -0.25) is 4.99 Å². The van der Waals surface area contributed by atoms with Crippen molar-refractivity contribution in [1.82, 2.24) is 10.2 Å². The van der Waals surface area contributed by atoms with Gasteiger partial charge < -0.3 is 19.4 Å². The van der Waals surface area contributed by atoms with Crippen LogP contribution >= 0.6 is 0 Å². The molecule has 1 aliphatic heterocycles. The summed E-state index contributed by atoms with van der Waals surface area (Å²) in [6.45, 7) is 7.49. The molecule has 2 heterocycles. The second-order valence-electron chi connectivity index (χ2n) is 5.56. The van der Waals surface area contributed by atoms with Gasteiger partial charge in [-0.2, -0.15) is 0 Å². The zero-order chi connectivity index (χ0) is 15.5. The zero-order valence-electron chi connectivity index (χ0n) is 13.7. The van der Waals surface area contributed by atoms with Crippen molar-refractivity contribution < 1.29 is 9.15 Å². The smallest absolute Gasteiger partial charge is 0.193 e. The van der Waals surface area contributed by atoms with Crippen LogP contribution in [0.15, 0.2) is 27.8 Å². The highest BCUT2D eigenvalue weighted by Gasteiger charge is 2.14. The Morgan fingerprint density at radius 1 is 1.36 bits per heavy atom. The van der Waals surface area contributed by atoms with Crippen molar-refractivity contribution in [1.29, 1.82) is 0 Å². The molecule has 124 valence electrons. The van der Waals surface area contributed by atoms with E-state index in [1.807, 2.05) is 19.1 Å². The Kier molecular flexibility index (Phi) is 7.88. The van der Waals surface area contributed by atoms with Gasteiger partial charge in [0.05, 0.1) is 6.26 Å². The Labute approximate surface area is 133 Å². The van der Waals surface area contributed by atoms with Gasteiger partial charge in [0, 0.05) is 45.8 Å². The molecule has 0 amide bonds. The van der Waals surface area contributed by atoms with Crippen molar-refractivity contribution in [2.75, 3.05) is 39.4 Å². The van der Waals surface area contributed by atoms with Crippen LogP contribution in [-0.4, -0.2) is 50.3 Å². The quantitative estimate of drug-likeness (QED) is 0.456. The van der Waals surface area contributed by atoms with Gasteiger partial charge in [-0.15, -0.1) is 0 Å². The maximum Gasteiger partial charge on any atom is 0.193 e. The molecular formula is C17H29N3O2. The molecule has 5 nitrogen and oxygen atoms in total. The standard InChI is InChI=1S/C17H29N3O2/c1-2-21-14-7-10-18-17(20-12-4-3-5-13-20)19-11-9-16-8-6-15-22-16/h6,8,15H,2-5,7,9-14H2,1H3,(H,18,19). The third kappa shape index (κ3) is 6.10. The van der Waals surface area contributed by atoms with Crippen molar-refractivity contribution in [2.24, 2.45) is 4.99 Å². The minimum atomic E-state index is 0.782. The van der Waals surface area contributed by atoms with Gasteiger partial charge in [-0.25, -0.2) is 0 Å². The third-order valence-corrected chi connectivity index (χ3v) is 3.80. The summed E-state index contributed by atoms with van der Waals surface area (Å²) in [4.78, 5) is 7.14. The summed E-state index contributed by atoms with van der Waals surface area (Å²) in [6, 6.07) is 3.95. The van der Waals surface area contributed by atoms with Crippen LogP contribution in [0.1, 0.15) is 38.4 Å². The molecule has 2 rings (SSSR count). The summed E-state index contributed by atoms with van der Waals surface area (Å²) in [5.74, 6) is 2.06. The first-order chi connectivity index (χ1) is 10.9. The molecule has 1 aromatic rings. The van der Waals surface area contributed by atoms with Crippen molar-refractivity contribution in [3.05, 3.63) is 24.2 Å². The highest BCUT2D eigenvalue weighted by Crippen LogP contribution is 2.09. The Morgan fingerprint density at radius 3 is 2.95 bits per heavy atom. The monoisotopic (exact) mass is 307 g/mol. The predicted octanol–water partition coefficient (Wildman–Crippen LogP) is 2.68. The summed E-state index contributed by atoms with van der Waals surface area (Å²) in [6.07, 6.45) is 7.45. The lowest BCUT2D eigenvalue weighted by Crippen LogP contribution is -2.44. The maximum absolute atomic E-state index is 5.38. The van der Waals surface area contributed by atoms with Crippen LogP contribution in [0.3, 0.4) is 0 Å². The summed E-state index contributed by atoms with van der Waals surface area (Å²) < 4.78 is 10.8. The number of rotatable bonds is 8. The number of hydrogen-bond donors (Lipinski definition) is 1. The molecule has 0 aliphatic carbocycles. The van der Waals surface area contributed by atoms with Crippen LogP contribution in [0.2, 0.25) is 0 Å². The van der Waals surface area contributed by atoms with Crippen LogP contribution in [0.4, 0.5) is 0 Å². The number of furan rings is 1. The first kappa shape index (κ1) is 16.9. The molecule has 0 aromatic carbocycles. The lowest BCUT2D eigenvalue weighted by atomic mass is 10.1. The van der Waals surface area contributed by atoms with E-state index in [0.717, 1.165) is 64.0 Å². The van der Waals surface area contributed by atoms with E-state index in [1.54, 1.807) is 6.26 Å². The molecule has 0 atom stereocenters. The van der Waals surface area contributed by atoms with Crippen LogP contribution in [0.5, 0.6) is 0 Å². The molecule has 0 saturated carbocycles. The number of likely N-dealkylation sites (tertiary alicyclic amines) is 1. The van der Waals surface area contributed by atoms with Gasteiger partial charge >= 0.3 is 0 Å². The fourth-order valence-corrected chi connectivity index (χ4v) is 2.62. The van der Waals surface area contributed by atoms with Crippen molar-refractivity contribution in [2.45, 2.75) is 39.0 Å². The van der Waals surface area contributed by atoms with Gasteiger partial charge in [-0.05, 0) is 44.7 Å². The van der Waals surface area contributed by atoms with Gasteiger partial charge in [-0.1, -0.05) is 0 Å². The summed E-state index contributed by atoms with van der Waals surface area (Å²) in [5, 5.41) is 3.49. The minimum Gasteiger partial charge on any atom is -0.469 e. The van der Waals surface area contributed by atoms with E-state index in [4.69, 9.17) is 14.1 Å². The van der Waals surface area contributed by atoms with E-state index in [9.17, 15) is 0 Å². The molecule has 1 aliphatic rings. The summed E-state index contributed by atoms with van der Waals surface area (Å²) >= 11 is 0. The second-order valence-corrected chi connectivity index (χ2v) is 5.56. The second kappa shape index (κ2) is 10.3. The minimum absolute atomic E-state index is 0.782. The molecule has 1 saturated heterocycles. The molecule has 1 fully saturated rings. The number of guanidine groups is 1. The predicted molar refractivity (Wildman–Crippen MR) is 89.3 cm³/mol. The fraction of sp³-hybridized carbons (Fsp3) is 0.706. The average Bonchev–Trinajstić information content (AvgIpc) is 3.07. The average molecular weight is 307 g/mol.